The summed E-state index contributed by atoms with van der Waals surface area (Å²) in [5, 5.41) is 9.11. The van der Waals surface area contributed by atoms with Crippen LogP contribution in [0.2, 0.25) is 0 Å². The maximum atomic E-state index is 13.4. The molecule has 0 amide bonds. The third-order valence-corrected chi connectivity index (χ3v) is 6.12. The van der Waals surface area contributed by atoms with Gasteiger partial charge in [-0.3, -0.25) is 14.3 Å². The number of hydrogen-bond donors (Lipinski definition) is 0. The summed E-state index contributed by atoms with van der Waals surface area (Å²) in [7, 11) is 0. The molecule has 2 fully saturated rings. The highest BCUT2D eigenvalue weighted by molar-refractivity contribution is 8.00. The number of likely N-dealkylation sites (tertiary alicyclic amines) is 1. The van der Waals surface area contributed by atoms with E-state index in [1.165, 1.54) is 43.2 Å². The number of carbonyl (C=O) groups is 1. The maximum absolute atomic E-state index is 13.4. The average molecular weight is 390 g/mol. The van der Waals surface area contributed by atoms with Crippen molar-refractivity contribution in [2.75, 3.05) is 13.1 Å². The van der Waals surface area contributed by atoms with Crippen LogP contribution >= 0.6 is 11.8 Å². The molecule has 4 rings (SSSR count). The number of halogens is 1. The number of carbonyl (C=O) groups excluding carboxylic acids is 1. The predicted octanol–water partition coefficient (Wildman–Crippen LogP) is 3.19. The third-order valence-electron chi connectivity index (χ3n) is 4.97. The second-order valence-corrected chi connectivity index (χ2v) is 8.31. The Hall–Kier alpha value is -1.93. The van der Waals surface area contributed by atoms with Crippen molar-refractivity contribution < 1.29 is 13.9 Å². The third kappa shape index (κ3) is 4.16. The fraction of sp³-hybridized carbons (Fsp3) is 0.526. The standard InChI is InChI=1S/C19H23FN4O2S/c1-13-11-16(18(25)26-13)27-19-22-21-17(12-23-9-3-2-4-10-23)24(19)15-7-5-14(20)6-8-15/h5-8,13,16H,2-4,9-12H2,1H3/t13-,16+/m0/s1. The Kier molecular flexibility index (Phi) is 5.45. The van der Waals surface area contributed by atoms with Crippen LogP contribution in [0.3, 0.4) is 0 Å². The van der Waals surface area contributed by atoms with Gasteiger partial charge < -0.3 is 4.74 Å². The fourth-order valence-corrected chi connectivity index (χ4v) is 4.77. The molecule has 8 heteroatoms. The van der Waals surface area contributed by atoms with Gasteiger partial charge in [0.2, 0.25) is 0 Å². The Morgan fingerprint density at radius 1 is 1.19 bits per heavy atom. The predicted molar refractivity (Wildman–Crippen MR) is 100 cm³/mol. The number of nitrogens with zero attached hydrogens (tertiary/aromatic N) is 4. The van der Waals surface area contributed by atoms with E-state index in [0.29, 0.717) is 18.1 Å². The molecule has 1 aromatic heterocycles. The quantitative estimate of drug-likeness (QED) is 0.731. The summed E-state index contributed by atoms with van der Waals surface area (Å²) >= 11 is 1.37. The van der Waals surface area contributed by atoms with Gasteiger partial charge in [0, 0.05) is 12.1 Å². The topological polar surface area (TPSA) is 60.2 Å². The van der Waals surface area contributed by atoms with Gasteiger partial charge in [-0.25, -0.2) is 4.39 Å². The SMILES string of the molecule is C[C@H]1C[C@@H](Sc2nnc(CN3CCCCC3)n2-c2ccc(F)cc2)C(=O)O1. The van der Waals surface area contributed by atoms with Crippen LogP contribution in [0.5, 0.6) is 0 Å². The summed E-state index contributed by atoms with van der Waals surface area (Å²) in [5.41, 5.74) is 0.801. The van der Waals surface area contributed by atoms with E-state index >= 15 is 0 Å². The average Bonchev–Trinajstić information content (AvgIpc) is 3.19. The molecule has 0 N–H and O–H groups in total. The van der Waals surface area contributed by atoms with Crippen LogP contribution in [0.15, 0.2) is 29.4 Å². The molecule has 0 radical (unpaired) electrons. The molecule has 3 heterocycles. The zero-order valence-corrected chi connectivity index (χ0v) is 16.1. The van der Waals surface area contributed by atoms with Gasteiger partial charge in [0.05, 0.1) is 6.54 Å². The van der Waals surface area contributed by atoms with Gasteiger partial charge in [-0.05, 0) is 57.1 Å². The second-order valence-electron chi connectivity index (χ2n) is 7.14. The van der Waals surface area contributed by atoms with Gasteiger partial charge in [-0.2, -0.15) is 0 Å². The minimum absolute atomic E-state index is 0.0787. The van der Waals surface area contributed by atoms with Crippen molar-refractivity contribution in [1.29, 1.82) is 0 Å². The van der Waals surface area contributed by atoms with Crippen LogP contribution in [0.1, 0.15) is 38.4 Å². The molecular weight excluding hydrogens is 367 g/mol. The smallest absolute Gasteiger partial charge is 0.319 e. The van der Waals surface area contributed by atoms with E-state index < -0.39 is 0 Å². The Morgan fingerprint density at radius 3 is 2.59 bits per heavy atom. The molecule has 2 aromatic rings. The highest BCUT2D eigenvalue weighted by Crippen LogP contribution is 2.33. The molecule has 2 atom stereocenters. The van der Waals surface area contributed by atoms with Gasteiger partial charge >= 0.3 is 5.97 Å². The largest absolute Gasteiger partial charge is 0.462 e. The summed E-state index contributed by atoms with van der Waals surface area (Å²) in [6.07, 6.45) is 4.23. The lowest BCUT2D eigenvalue weighted by Gasteiger charge is -2.26. The molecule has 2 saturated heterocycles. The summed E-state index contributed by atoms with van der Waals surface area (Å²) in [6, 6.07) is 6.30. The number of esters is 1. The highest BCUT2D eigenvalue weighted by Gasteiger charge is 2.34. The molecule has 0 unspecified atom stereocenters. The van der Waals surface area contributed by atoms with Crippen molar-refractivity contribution in [2.45, 2.75) is 55.7 Å². The van der Waals surface area contributed by atoms with Crippen LogP contribution in [0.4, 0.5) is 4.39 Å². The van der Waals surface area contributed by atoms with E-state index in [1.54, 1.807) is 12.1 Å². The summed E-state index contributed by atoms with van der Waals surface area (Å²) in [6.45, 7) is 4.68. The molecule has 0 saturated carbocycles. The van der Waals surface area contributed by atoms with Crippen LogP contribution in [-0.4, -0.2) is 50.1 Å². The van der Waals surface area contributed by atoms with Crippen LogP contribution in [-0.2, 0) is 16.1 Å². The highest BCUT2D eigenvalue weighted by atomic mass is 32.2. The number of hydrogen-bond acceptors (Lipinski definition) is 6. The number of aromatic nitrogens is 3. The van der Waals surface area contributed by atoms with E-state index in [9.17, 15) is 9.18 Å². The van der Waals surface area contributed by atoms with Gasteiger partial charge in [-0.1, -0.05) is 18.2 Å². The molecule has 2 aliphatic heterocycles. The van der Waals surface area contributed by atoms with Crippen molar-refractivity contribution in [3.63, 3.8) is 0 Å². The molecule has 6 nitrogen and oxygen atoms in total. The van der Waals surface area contributed by atoms with Gasteiger partial charge in [-0.15, -0.1) is 10.2 Å². The molecule has 2 aliphatic rings. The minimum atomic E-state index is -0.286. The van der Waals surface area contributed by atoms with Crippen molar-refractivity contribution in [3.05, 3.63) is 35.9 Å². The molecule has 0 aliphatic carbocycles. The molecule has 0 spiro atoms. The van der Waals surface area contributed by atoms with Crippen LogP contribution in [0, 0.1) is 5.82 Å². The summed E-state index contributed by atoms with van der Waals surface area (Å²) in [5.74, 6) is 0.316. The van der Waals surface area contributed by atoms with E-state index in [-0.39, 0.29) is 23.1 Å². The number of thioether (sulfide) groups is 1. The first-order valence-corrected chi connectivity index (χ1v) is 10.3. The lowest BCUT2D eigenvalue weighted by atomic mass is 10.1. The first kappa shape index (κ1) is 18.4. The van der Waals surface area contributed by atoms with Gasteiger partial charge in [0.15, 0.2) is 11.0 Å². The fourth-order valence-electron chi connectivity index (χ4n) is 3.59. The van der Waals surface area contributed by atoms with Crippen molar-refractivity contribution in [2.24, 2.45) is 0 Å². The van der Waals surface area contributed by atoms with E-state index in [1.807, 2.05) is 11.5 Å². The first-order valence-electron chi connectivity index (χ1n) is 9.40. The molecule has 0 bridgehead atoms. The monoisotopic (exact) mass is 390 g/mol. The summed E-state index contributed by atoms with van der Waals surface area (Å²) in [4.78, 5) is 14.4. The minimum Gasteiger partial charge on any atom is -0.462 e. The van der Waals surface area contributed by atoms with Crippen molar-refractivity contribution in [1.82, 2.24) is 19.7 Å². The Labute approximate surface area is 162 Å². The maximum Gasteiger partial charge on any atom is 0.319 e. The zero-order valence-electron chi connectivity index (χ0n) is 15.3. The molecular formula is C19H23FN4O2S. The van der Waals surface area contributed by atoms with Crippen molar-refractivity contribution in [3.8, 4) is 5.69 Å². The van der Waals surface area contributed by atoms with E-state index in [2.05, 4.69) is 15.1 Å². The van der Waals surface area contributed by atoms with E-state index in [4.69, 9.17) is 4.74 Å². The second kappa shape index (κ2) is 7.98. The first-order chi connectivity index (χ1) is 13.1. The van der Waals surface area contributed by atoms with Crippen molar-refractivity contribution >= 4 is 17.7 Å². The Balaban J connectivity index is 1.63. The molecule has 1 aromatic carbocycles. The van der Waals surface area contributed by atoms with Gasteiger partial charge in [0.1, 0.15) is 17.2 Å². The number of cyclic esters (lactones) is 1. The normalized spacial score (nSPS) is 23.6. The summed E-state index contributed by atoms with van der Waals surface area (Å²) < 4.78 is 20.6. The number of benzene rings is 1. The lowest BCUT2D eigenvalue weighted by molar-refractivity contribution is -0.140. The zero-order chi connectivity index (χ0) is 18.8. The van der Waals surface area contributed by atoms with Gasteiger partial charge in [0.25, 0.3) is 0 Å². The molecule has 27 heavy (non-hydrogen) atoms. The van der Waals surface area contributed by atoms with Crippen LogP contribution in [0.25, 0.3) is 5.69 Å². The molecule has 144 valence electrons. The lowest BCUT2D eigenvalue weighted by Crippen LogP contribution is -2.30. The Bertz CT molecular complexity index is 805. The Morgan fingerprint density at radius 2 is 1.93 bits per heavy atom. The number of ether oxygens (including phenoxy) is 1. The number of rotatable bonds is 5. The van der Waals surface area contributed by atoms with E-state index in [0.717, 1.165) is 24.6 Å². The van der Waals surface area contributed by atoms with Crippen LogP contribution < -0.4 is 0 Å². The number of piperidine rings is 1.